The van der Waals surface area contributed by atoms with Gasteiger partial charge in [-0.05, 0) is 25.0 Å². The van der Waals surface area contributed by atoms with E-state index in [1.165, 1.54) is 0 Å². The first kappa shape index (κ1) is 13.1. The maximum absolute atomic E-state index is 12.1. The molecule has 4 heteroatoms. The first-order chi connectivity index (χ1) is 7.52. The summed E-state index contributed by atoms with van der Waals surface area (Å²) in [4.78, 5) is 0. The third-order valence-corrected chi connectivity index (χ3v) is 2.58. The first-order valence-corrected chi connectivity index (χ1v) is 5.27. The van der Waals surface area contributed by atoms with Crippen molar-refractivity contribution < 1.29 is 13.9 Å². The lowest BCUT2D eigenvalue weighted by molar-refractivity contribution is -0.00440. The summed E-state index contributed by atoms with van der Waals surface area (Å²) in [5.74, 6) is 0. The molecule has 0 saturated heterocycles. The molecule has 90 valence electrons. The molecule has 0 heterocycles. The van der Waals surface area contributed by atoms with E-state index in [1.807, 2.05) is 38.1 Å². The number of nitrogens with one attached hydrogen (secondary N) is 1. The molecule has 1 rings (SSSR count). The molecule has 0 amide bonds. The van der Waals surface area contributed by atoms with Crippen LogP contribution in [-0.2, 0) is 0 Å². The van der Waals surface area contributed by atoms with Gasteiger partial charge in [-0.2, -0.15) is 0 Å². The molecule has 0 spiro atoms. The molecule has 0 fully saturated rings. The van der Waals surface area contributed by atoms with Gasteiger partial charge in [0, 0.05) is 12.6 Å². The summed E-state index contributed by atoms with van der Waals surface area (Å²) in [7, 11) is 0. The summed E-state index contributed by atoms with van der Waals surface area (Å²) in [6, 6.07) is 7.71. The van der Waals surface area contributed by atoms with Crippen molar-refractivity contribution in [3.05, 3.63) is 35.4 Å². The van der Waals surface area contributed by atoms with Gasteiger partial charge < -0.3 is 10.4 Å². The number of benzene rings is 1. The molecule has 0 aliphatic rings. The Morgan fingerprint density at radius 2 is 1.94 bits per heavy atom. The third kappa shape index (κ3) is 3.54. The Kier molecular flexibility index (Phi) is 4.83. The van der Waals surface area contributed by atoms with Crippen LogP contribution in [0.3, 0.4) is 0 Å². The minimum absolute atomic E-state index is 0.0467. The molecule has 2 atom stereocenters. The van der Waals surface area contributed by atoms with Gasteiger partial charge in [-0.25, -0.2) is 8.78 Å². The van der Waals surface area contributed by atoms with E-state index < -0.39 is 12.5 Å². The van der Waals surface area contributed by atoms with Crippen molar-refractivity contribution in [3.63, 3.8) is 0 Å². The number of aliphatic hydroxyl groups excluding tert-OH is 1. The van der Waals surface area contributed by atoms with Crippen molar-refractivity contribution in [1.29, 1.82) is 0 Å². The number of hydrogen-bond acceptors (Lipinski definition) is 2. The van der Waals surface area contributed by atoms with Crippen LogP contribution in [0, 0.1) is 6.92 Å². The standard InChI is InChI=1S/C12H17F2NO/c1-8-5-3-4-6-10(8)9(2)15-7-11(16)12(13)14/h3-6,9,11-12,15-16H,7H2,1-2H3. The highest BCUT2D eigenvalue weighted by Crippen LogP contribution is 2.16. The average Bonchev–Trinajstić information content (AvgIpc) is 2.25. The van der Waals surface area contributed by atoms with E-state index in [4.69, 9.17) is 5.11 Å². The fourth-order valence-corrected chi connectivity index (χ4v) is 1.57. The molecule has 0 aliphatic carbocycles. The molecule has 2 nitrogen and oxygen atoms in total. The quantitative estimate of drug-likeness (QED) is 0.811. The Balaban J connectivity index is 2.53. The topological polar surface area (TPSA) is 32.3 Å². The van der Waals surface area contributed by atoms with E-state index in [1.54, 1.807) is 0 Å². The summed E-state index contributed by atoms with van der Waals surface area (Å²) in [5.41, 5.74) is 2.16. The minimum atomic E-state index is -2.70. The lowest BCUT2D eigenvalue weighted by Crippen LogP contribution is -2.33. The number of alkyl halides is 2. The zero-order valence-corrected chi connectivity index (χ0v) is 9.45. The van der Waals surface area contributed by atoms with Crippen molar-refractivity contribution >= 4 is 0 Å². The minimum Gasteiger partial charge on any atom is -0.386 e. The van der Waals surface area contributed by atoms with Gasteiger partial charge in [0.1, 0.15) is 6.10 Å². The van der Waals surface area contributed by atoms with E-state index in [9.17, 15) is 8.78 Å². The molecule has 0 bridgehead atoms. The Morgan fingerprint density at radius 3 is 2.50 bits per heavy atom. The Bertz CT molecular complexity index is 331. The maximum atomic E-state index is 12.1. The van der Waals surface area contributed by atoms with Gasteiger partial charge in [0.15, 0.2) is 0 Å². The van der Waals surface area contributed by atoms with Crippen LogP contribution in [0.4, 0.5) is 8.78 Å². The summed E-state index contributed by atoms with van der Waals surface area (Å²) in [6.45, 7) is 3.75. The van der Waals surface area contributed by atoms with Gasteiger partial charge in [-0.1, -0.05) is 24.3 Å². The zero-order valence-electron chi connectivity index (χ0n) is 9.45. The van der Waals surface area contributed by atoms with Crippen LogP contribution >= 0.6 is 0 Å². The average molecular weight is 229 g/mol. The van der Waals surface area contributed by atoms with Crippen molar-refractivity contribution in [2.45, 2.75) is 32.4 Å². The van der Waals surface area contributed by atoms with Crippen molar-refractivity contribution in [2.75, 3.05) is 6.54 Å². The molecular weight excluding hydrogens is 212 g/mol. The van der Waals surface area contributed by atoms with E-state index >= 15 is 0 Å². The normalized spacial score (nSPS) is 15.1. The number of aliphatic hydroxyl groups is 1. The molecule has 16 heavy (non-hydrogen) atoms. The van der Waals surface area contributed by atoms with Crippen LogP contribution in [0.5, 0.6) is 0 Å². The molecule has 1 aromatic carbocycles. The third-order valence-electron chi connectivity index (χ3n) is 2.58. The predicted molar refractivity (Wildman–Crippen MR) is 59.6 cm³/mol. The predicted octanol–water partition coefficient (Wildman–Crippen LogP) is 2.27. The first-order valence-electron chi connectivity index (χ1n) is 5.27. The lowest BCUT2D eigenvalue weighted by Gasteiger charge is -2.18. The van der Waals surface area contributed by atoms with Gasteiger partial charge in [0.05, 0.1) is 0 Å². The Hall–Kier alpha value is -1.00. The van der Waals surface area contributed by atoms with E-state index in [0.717, 1.165) is 11.1 Å². The van der Waals surface area contributed by atoms with Gasteiger partial charge >= 0.3 is 0 Å². The van der Waals surface area contributed by atoms with Gasteiger partial charge in [0.25, 0.3) is 6.43 Å². The van der Waals surface area contributed by atoms with Crippen molar-refractivity contribution in [3.8, 4) is 0 Å². The molecule has 2 N–H and O–H groups in total. The SMILES string of the molecule is Cc1ccccc1C(C)NCC(O)C(F)F. The smallest absolute Gasteiger partial charge is 0.265 e. The molecule has 0 radical (unpaired) electrons. The number of halogens is 2. The highest BCUT2D eigenvalue weighted by atomic mass is 19.3. The fraction of sp³-hybridized carbons (Fsp3) is 0.500. The van der Waals surface area contributed by atoms with Gasteiger partial charge in [-0.15, -0.1) is 0 Å². The van der Waals surface area contributed by atoms with Crippen LogP contribution < -0.4 is 5.32 Å². The second-order valence-corrected chi connectivity index (χ2v) is 3.89. The van der Waals surface area contributed by atoms with E-state index in [2.05, 4.69) is 5.32 Å². The Labute approximate surface area is 94.3 Å². The van der Waals surface area contributed by atoms with Gasteiger partial charge in [-0.3, -0.25) is 0 Å². The van der Waals surface area contributed by atoms with Crippen molar-refractivity contribution in [2.24, 2.45) is 0 Å². The summed E-state index contributed by atoms with van der Waals surface area (Å²) in [6.07, 6.45) is -4.30. The van der Waals surface area contributed by atoms with Crippen LogP contribution in [-0.4, -0.2) is 24.2 Å². The second kappa shape index (κ2) is 5.92. The summed E-state index contributed by atoms with van der Waals surface area (Å²) >= 11 is 0. The van der Waals surface area contributed by atoms with Crippen LogP contribution in [0.2, 0.25) is 0 Å². The largest absolute Gasteiger partial charge is 0.386 e. The second-order valence-electron chi connectivity index (χ2n) is 3.89. The molecule has 0 aliphatic heterocycles. The summed E-state index contributed by atoms with van der Waals surface area (Å²) in [5, 5.41) is 11.9. The lowest BCUT2D eigenvalue weighted by atomic mass is 10.0. The molecule has 2 unspecified atom stereocenters. The van der Waals surface area contributed by atoms with E-state index in [-0.39, 0.29) is 12.6 Å². The molecular formula is C12H17F2NO. The fourth-order valence-electron chi connectivity index (χ4n) is 1.57. The highest BCUT2D eigenvalue weighted by molar-refractivity contribution is 5.28. The van der Waals surface area contributed by atoms with Crippen LogP contribution in [0.25, 0.3) is 0 Å². The maximum Gasteiger partial charge on any atom is 0.265 e. The molecule has 1 aromatic rings. The number of rotatable bonds is 5. The number of hydrogen-bond donors (Lipinski definition) is 2. The zero-order chi connectivity index (χ0) is 12.1. The summed E-state index contributed by atoms with van der Waals surface area (Å²) < 4.78 is 24.1. The highest BCUT2D eigenvalue weighted by Gasteiger charge is 2.17. The van der Waals surface area contributed by atoms with Crippen LogP contribution in [0.1, 0.15) is 24.1 Å². The Morgan fingerprint density at radius 1 is 1.31 bits per heavy atom. The molecule has 0 saturated carbocycles. The van der Waals surface area contributed by atoms with E-state index in [0.29, 0.717) is 0 Å². The van der Waals surface area contributed by atoms with Gasteiger partial charge in [0.2, 0.25) is 0 Å². The van der Waals surface area contributed by atoms with Crippen LogP contribution in [0.15, 0.2) is 24.3 Å². The van der Waals surface area contributed by atoms with Crippen molar-refractivity contribution in [1.82, 2.24) is 5.32 Å². The monoisotopic (exact) mass is 229 g/mol. The number of aryl methyl sites for hydroxylation is 1. The molecule has 0 aromatic heterocycles.